The normalized spacial score (nSPS) is 10.7. The van der Waals surface area contributed by atoms with Crippen molar-refractivity contribution in [2.75, 3.05) is 11.1 Å². The number of hydrogen-bond donors (Lipinski definition) is 2. The summed E-state index contributed by atoms with van der Waals surface area (Å²) in [6, 6.07) is 8.76. The Kier molecular flexibility index (Phi) is 5.41. The third-order valence-electron chi connectivity index (χ3n) is 2.81. The standard InChI is InChI=1S/C16H16ClFN2O3/c1-9(2)22-23-15-8-14(12(18)7-11(15)17)20-16(21)10-5-3-4-6-13(10)19/h3-9H,19H2,1-2H3,(H,20,21). The summed E-state index contributed by atoms with van der Waals surface area (Å²) in [7, 11) is 0. The molecule has 0 heterocycles. The zero-order valence-corrected chi connectivity index (χ0v) is 13.4. The van der Waals surface area contributed by atoms with Crippen molar-refractivity contribution in [1.29, 1.82) is 0 Å². The summed E-state index contributed by atoms with van der Waals surface area (Å²) in [6.45, 7) is 3.52. The van der Waals surface area contributed by atoms with E-state index < -0.39 is 11.7 Å². The average molecular weight is 339 g/mol. The smallest absolute Gasteiger partial charge is 0.257 e. The van der Waals surface area contributed by atoms with Crippen molar-refractivity contribution in [1.82, 2.24) is 0 Å². The largest absolute Gasteiger partial charge is 0.398 e. The minimum atomic E-state index is -0.699. The molecule has 0 saturated heterocycles. The van der Waals surface area contributed by atoms with Crippen LogP contribution >= 0.6 is 11.6 Å². The highest BCUT2D eigenvalue weighted by atomic mass is 35.5. The van der Waals surface area contributed by atoms with Gasteiger partial charge in [-0.15, -0.1) is 0 Å². The van der Waals surface area contributed by atoms with Gasteiger partial charge in [-0.1, -0.05) is 23.7 Å². The molecule has 0 aliphatic heterocycles. The molecular weight excluding hydrogens is 323 g/mol. The van der Waals surface area contributed by atoms with Crippen LogP contribution in [0.3, 0.4) is 0 Å². The second-order valence-electron chi connectivity index (χ2n) is 5.03. The van der Waals surface area contributed by atoms with Crippen LogP contribution < -0.4 is 15.9 Å². The first-order chi connectivity index (χ1) is 10.9. The first kappa shape index (κ1) is 17.1. The van der Waals surface area contributed by atoms with Crippen molar-refractivity contribution < 1.29 is 19.0 Å². The fourth-order valence-electron chi connectivity index (χ4n) is 1.73. The lowest BCUT2D eigenvalue weighted by Gasteiger charge is -2.12. The lowest BCUT2D eigenvalue weighted by atomic mass is 10.1. The molecule has 0 saturated carbocycles. The molecule has 0 aromatic heterocycles. The van der Waals surface area contributed by atoms with Crippen LogP contribution in [0.2, 0.25) is 5.02 Å². The van der Waals surface area contributed by atoms with E-state index >= 15 is 0 Å². The molecular formula is C16H16ClFN2O3. The molecule has 0 unspecified atom stereocenters. The van der Waals surface area contributed by atoms with Crippen LogP contribution in [0, 0.1) is 5.82 Å². The fourth-order valence-corrected chi connectivity index (χ4v) is 1.91. The predicted molar refractivity (Wildman–Crippen MR) is 87.1 cm³/mol. The van der Waals surface area contributed by atoms with Crippen molar-refractivity contribution in [3.05, 3.63) is 52.8 Å². The number of carbonyl (C=O) groups excluding carboxylic acids is 1. The van der Waals surface area contributed by atoms with Gasteiger partial charge in [0.15, 0.2) is 5.75 Å². The van der Waals surface area contributed by atoms with Crippen molar-refractivity contribution in [2.24, 2.45) is 0 Å². The number of anilines is 2. The van der Waals surface area contributed by atoms with Crippen molar-refractivity contribution in [3.8, 4) is 5.75 Å². The molecule has 2 rings (SSSR count). The van der Waals surface area contributed by atoms with E-state index in [2.05, 4.69) is 5.32 Å². The molecule has 5 nitrogen and oxygen atoms in total. The number of nitrogens with two attached hydrogens (primary N) is 1. The first-order valence-corrected chi connectivity index (χ1v) is 7.24. The Labute approximate surface area is 138 Å². The van der Waals surface area contributed by atoms with Gasteiger partial charge in [0.25, 0.3) is 5.91 Å². The number of halogens is 2. The Hall–Kier alpha value is -2.31. The monoisotopic (exact) mass is 338 g/mol. The summed E-state index contributed by atoms with van der Waals surface area (Å²) in [6.07, 6.45) is -0.210. The number of rotatable bonds is 5. The highest BCUT2D eigenvalue weighted by molar-refractivity contribution is 6.32. The predicted octanol–water partition coefficient (Wildman–Crippen LogP) is 4.03. The number of amides is 1. The highest BCUT2D eigenvalue weighted by Crippen LogP contribution is 2.31. The Morgan fingerprint density at radius 1 is 1.30 bits per heavy atom. The number of benzene rings is 2. The van der Waals surface area contributed by atoms with Crippen molar-refractivity contribution in [3.63, 3.8) is 0 Å². The minimum absolute atomic E-state index is 0.0281. The second-order valence-corrected chi connectivity index (χ2v) is 5.44. The van der Waals surface area contributed by atoms with Crippen LogP contribution in [0.1, 0.15) is 24.2 Å². The molecule has 0 spiro atoms. The lowest BCUT2D eigenvalue weighted by Crippen LogP contribution is -2.15. The molecule has 7 heteroatoms. The summed E-state index contributed by atoms with van der Waals surface area (Å²) < 4.78 is 14.0. The number of para-hydroxylation sites is 1. The van der Waals surface area contributed by atoms with Crippen LogP contribution in [0.15, 0.2) is 36.4 Å². The number of hydrogen-bond acceptors (Lipinski definition) is 4. The summed E-state index contributed by atoms with van der Waals surface area (Å²) in [5, 5.41) is 2.46. The Morgan fingerprint density at radius 2 is 2.00 bits per heavy atom. The van der Waals surface area contributed by atoms with Crippen LogP contribution in [0.25, 0.3) is 0 Å². The van der Waals surface area contributed by atoms with Crippen molar-refractivity contribution in [2.45, 2.75) is 20.0 Å². The third-order valence-corrected chi connectivity index (χ3v) is 3.10. The van der Waals surface area contributed by atoms with Gasteiger partial charge in [-0.3, -0.25) is 4.79 Å². The molecule has 1 amide bonds. The highest BCUT2D eigenvalue weighted by Gasteiger charge is 2.15. The zero-order valence-electron chi connectivity index (χ0n) is 12.6. The van der Waals surface area contributed by atoms with E-state index in [-0.39, 0.29) is 28.1 Å². The van der Waals surface area contributed by atoms with Crippen molar-refractivity contribution >= 4 is 28.9 Å². The average Bonchev–Trinajstić information content (AvgIpc) is 2.49. The van der Waals surface area contributed by atoms with Gasteiger partial charge in [-0.25, -0.2) is 4.39 Å². The number of carbonyl (C=O) groups is 1. The molecule has 2 aromatic carbocycles. The first-order valence-electron chi connectivity index (χ1n) is 6.86. The summed E-state index contributed by atoms with van der Waals surface area (Å²) in [5.41, 5.74) is 6.16. The molecule has 3 N–H and O–H groups in total. The van der Waals surface area contributed by atoms with E-state index in [1.165, 1.54) is 12.1 Å². The second kappa shape index (κ2) is 7.30. The maximum absolute atomic E-state index is 14.0. The van der Waals surface area contributed by atoms with Gasteiger partial charge in [0.05, 0.1) is 22.4 Å². The maximum atomic E-state index is 14.0. The van der Waals surface area contributed by atoms with Gasteiger partial charge in [-0.2, -0.15) is 4.89 Å². The van der Waals surface area contributed by atoms with Crippen LogP contribution in [0.4, 0.5) is 15.8 Å². The van der Waals surface area contributed by atoms with Gasteiger partial charge < -0.3 is 15.9 Å². The molecule has 2 aromatic rings. The van der Waals surface area contributed by atoms with Gasteiger partial charge in [-0.05, 0) is 32.0 Å². The Balaban J connectivity index is 2.24. The van der Waals surface area contributed by atoms with E-state index in [1.807, 2.05) is 0 Å². The SMILES string of the molecule is CC(C)OOc1cc(NC(=O)c2ccccc2N)c(F)cc1Cl. The maximum Gasteiger partial charge on any atom is 0.257 e. The Bertz CT molecular complexity index is 722. The Morgan fingerprint density at radius 3 is 2.65 bits per heavy atom. The molecule has 122 valence electrons. The lowest BCUT2D eigenvalue weighted by molar-refractivity contribution is -0.234. The summed E-state index contributed by atoms with van der Waals surface area (Å²) >= 11 is 5.89. The van der Waals surface area contributed by atoms with Crippen LogP contribution in [-0.2, 0) is 4.89 Å². The molecule has 0 bridgehead atoms. The topological polar surface area (TPSA) is 73.6 Å². The van der Waals surface area contributed by atoms with E-state index in [4.69, 9.17) is 27.1 Å². The summed E-state index contributed by atoms with van der Waals surface area (Å²) in [5.74, 6) is -1.15. The van der Waals surface area contributed by atoms with E-state index in [9.17, 15) is 9.18 Å². The van der Waals surface area contributed by atoms with Gasteiger partial charge >= 0.3 is 0 Å². The molecule has 0 atom stereocenters. The molecule has 0 aliphatic rings. The van der Waals surface area contributed by atoms with Gasteiger partial charge in [0, 0.05) is 11.8 Å². The fraction of sp³-hybridized carbons (Fsp3) is 0.188. The van der Waals surface area contributed by atoms with E-state index in [1.54, 1.807) is 32.0 Å². The van der Waals surface area contributed by atoms with Gasteiger partial charge in [0.2, 0.25) is 0 Å². The quantitative estimate of drug-likeness (QED) is 0.490. The van der Waals surface area contributed by atoms with Crippen LogP contribution in [-0.4, -0.2) is 12.0 Å². The number of nitrogen functional groups attached to an aromatic ring is 1. The van der Waals surface area contributed by atoms with E-state index in [0.29, 0.717) is 5.69 Å². The molecule has 0 aliphatic carbocycles. The molecule has 23 heavy (non-hydrogen) atoms. The zero-order chi connectivity index (χ0) is 17.0. The van der Waals surface area contributed by atoms with Crippen LogP contribution in [0.5, 0.6) is 5.75 Å². The number of nitrogens with one attached hydrogen (secondary N) is 1. The molecule has 0 radical (unpaired) electrons. The third kappa shape index (κ3) is 4.34. The summed E-state index contributed by atoms with van der Waals surface area (Å²) in [4.78, 5) is 22.2. The molecule has 0 fully saturated rings. The van der Waals surface area contributed by atoms with Gasteiger partial charge in [0.1, 0.15) is 5.82 Å². The minimum Gasteiger partial charge on any atom is -0.398 e. The van der Waals surface area contributed by atoms with E-state index in [0.717, 1.165) is 6.07 Å².